The topological polar surface area (TPSA) is 37.4 Å². The summed E-state index contributed by atoms with van der Waals surface area (Å²) in [6, 6.07) is 19.1. The van der Waals surface area contributed by atoms with Crippen LogP contribution in [0.1, 0.15) is 11.1 Å². The average molecular weight is 465 g/mol. The summed E-state index contributed by atoms with van der Waals surface area (Å²) in [6.07, 6.45) is -4.89. The van der Waals surface area contributed by atoms with Gasteiger partial charge in [-0.3, -0.25) is 4.31 Å². The van der Waals surface area contributed by atoms with Crippen molar-refractivity contribution in [1.82, 2.24) is 0 Å². The summed E-state index contributed by atoms with van der Waals surface area (Å²) in [5.41, 5.74) is -1.41. The molecule has 31 heavy (non-hydrogen) atoms. The van der Waals surface area contributed by atoms with Crippen molar-refractivity contribution >= 4 is 36.4 Å². The molecule has 1 heterocycles. The summed E-state index contributed by atoms with van der Waals surface area (Å²) >= 11 is 1.21. The fraction of sp³-hybridized carbons (Fsp3) is 0.0909. The van der Waals surface area contributed by atoms with Gasteiger partial charge in [0, 0.05) is 4.70 Å². The van der Waals surface area contributed by atoms with Gasteiger partial charge in [0.1, 0.15) is 10.8 Å². The molecule has 0 saturated carbocycles. The normalized spacial score (nSPS) is 12.3. The lowest BCUT2D eigenvalue weighted by atomic mass is 10.1. The first-order valence-electron chi connectivity index (χ1n) is 9.08. The largest absolute Gasteiger partial charge is 0.419 e. The molecule has 0 aliphatic heterocycles. The van der Waals surface area contributed by atoms with E-state index in [9.17, 15) is 26.0 Å². The summed E-state index contributed by atoms with van der Waals surface area (Å²) in [5, 5.41) is 1.16. The zero-order valence-corrected chi connectivity index (χ0v) is 17.4. The van der Waals surface area contributed by atoms with Crippen molar-refractivity contribution in [3.63, 3.8) is 0 Å². The predicted octanol–water partition coefficient (Wildman–Crippen LogP) is 6.45. The standard InChI is InChI=1S/C22H15F4NO2S2/c23-19-11-10-15(12-18(19)22(24,25)26)14-27(31(28,29)17-7-2-1-3-8-17)21-13-16-6-4-5-9-20(16)30-21/h1-13H,14H2. The van der Waals surface area contributed by atoms with E-state index in [0.717, 1.165) is 20.5 Å². The van der Waals surface area contributed by atoms with E-state index >= 15 is 0 Å². The second-order valence-electron chi connectivity index (χ2n) is 6.76. The fourth-order valence-corrected chi connectivity index (χ4v) is 5.89. The van der Waals surface area contributed by atoms with Crippen molar-refractivity contribution in [3.05, 3.63) is 95.8 Å². The number of thiophene rings is 1. The number of alkyl halides is 3. The molecule has 0 atom stereocenters. The number of sulfonamides is 1. The molecule has 0 unspecified atom stereocenters. The molecule has 0 fully saturated rings. The molecular formula is C22H15F4NO2S2. The first kappa shape index (κ1) is 21.3. The van der Waals surface area contributed by atoms with E-state index in [1.54, 1.807) is 24.3 Å². The molecule has 4 aromatic rings. The molecule has 0 bridgehead atoms. The summed E-state index contributed by atoms with van der Waals surface area (Å²) in [7, 11) is -4.09. The molecule has 0 radical (unpaired) electrons. The Morgan fingerprint density at radius 2 is 1.55 bits per heavy atom. The van der Waals surface area contributed by atoms with E-state index in [0.29, 0.717) is 17.1 Å². The molecule has 0 aliphatic rings. The van der Waals surface area contributed by atoms with Gasteiger partial charge in [0.2, 0.25) is 0 Å². The maximum atomic E-state index is 13.7. The van der Waals surface area contributed by atoms with Crippen molar-refractivity contribution in [2.24, 2.45) is 0 Å². The Balaban J connectivity index is 1.84. The first-order valence-corrected chi connectivity index (χ1v) is 11.3. The van der Waals surface area contributed by atoms with E-state index in [2.05, 4.69) is 0 Å². The molecule has 0 N–H and O–H groups in total. The Labute approximate surface area is 180 Å². The van der Waals surface area contributed by atoms with Crippen LogP contribution in [0.3, 0.4) is 0 Å². The van der Waals surface area contributed by atoms with E-state index in [-0.39, 0.29) is 17.0 Å². The van der Waals surface area contributed by atoms with Gasteiger partial charge in [-0.1, -0.05) is 42.5 Å². The highest BCUT2D eigenvalue weighted by molar-refractivity contribution is 7.93. The molecule has 0 spiro atoms. The second-order valence-corrected chi connectivity index (χ2v) is 9.68. The second kappa shape index (κ2) is 7.97. The van der Waals surface area contributed by atoms with Crippen LogP contribution in [0.5, 0.6) is 0 Å². The van der Waals surface area contributed by atoms with E-state index in [1.807, 2.05) is 24.3 Å². The molecule has 3 nitrogen and oxygen atoms in total. The molecular weight excluding hydrogens is 450 g/mol. The molecule has 0 amide bonds. The highest BCUT2D eigenvalue weighted by atomic mass is 32.2. The van der Waals surface area contributed by atoms with Gasteiger partial charge in [-0.25, -0.2) is 12.8 Å². The average Bonchev–Trinajstić information content (AvgIpc) is 3.16. The van der Waals surface area contributed by atoms with Crippen LogP contribution in [0.15, 0.2) is 83.8 Å². The van der Waals surface area contributed by atoms with Crippen LogP contribution >= 0.6 is 11.3 Å². The summed E-state index contributed by atoms with van der Waals surface area (Å²) in [5.74, 6) is -1.41. The van der Waals surface area contributed by atoms with Gasteiger partial charge < -0.3 is 0 Å². The molecule has 1 aromatic heterocycles. The number of anilines is 1. The Bertz CT molecular complexity index is 1300. The lowest BCUT2D eigenvalue weighted by molar-refractivity contribution is -0.140. The van der Waals surface area contributed by atoms with Crippen LogP contribution in [0, 0.1) is 5.82 Å². The van der Waals surface area contributed by atoms with Gasteiger partial charge in [-0.2, -0.15) is 13.2 Å². The molecule has 160 valence electrons. The Kier molecular flexibility index (Phi) is 5.49. The highest BCUT2D eigenvalue weighted by Gasteiger charge is 2.35. The van der Waals surface area contributed by atoms with Crippen LogP contribution in [0.2, 0.25) is 0 Å². The Morgan fingerprint density at radius 3 is 2.23 bits per heavy atom. The van der Waals surface area contributed by atoms with Gasteiger partial charge in [0.25, 0.3) is 10.0 Å². The Morgan fingerprint density at radius 1 is 0.871 bits per heavy atom. The van der Waals surface area contributed by atoms with Crippen LogP contribution in [0.4, 0.5) is 22.6 Å². The number of hydrogen-bond donors (Lipinski definition) is 0. The summed E-state index contributed by atoms with van der Waals surface area (Å²) in [4.78, 5) is 0.00520. The lowest BCUT2D eigenvalue weighted by Crippen LogP contribution is -2.30. The van der Waals surface area contributed by atoms with E-state index in [4.69, 9.17) is 0 Å². The number of hydrogen-bond acceptors (Lipinski definition) is 3. The molecule has 4 rings (SSSR count). The van der Waals surface area contributed by atoms with Gasteiger partial charge in [-0.05, 0) is 47.3 Å². The predicted molar refractivity (Wildman–Crippen MR) is 113 cm³/mol. The van der Waals surface area contributed by atoms with Crippen LogP contribution in [0.25, 0.3) is 10.1 Å². The highest BCUT2D eigenvalue weighted by Crippen LogP contribution is 2.37. The summed E-state index contributed by atoms with van der Waals surface area (Å²) < 4.78 is 81.9. The quantitative estimate of drug-likeness (QED) is 0.318. The molecule has 0 aliphatic carbocycles. The van der Waals surface area contributed by atoms with Crippen molar-refractivity contribution in [2.75, 3.05) is 4.31 Å². The third kappa shape index (κ3) is 4.28. The molecule has 3 aromatic carbocycles. The van der Waals surface area contributed by atoms with Crippen LogP contribution in [-0.4, -0.2) is 8.42 Å². The molecule has 9 heteroatoms. The minimum Gasteiger partial charge on any atom is -0.253 e. The van der Waals surface area contributed by atoms with Crippen molar-refractivity contribution < 1.29 is 26.0 Å². The van der Waals surface area contributed by atoms with Gasteiger partial charge >= 0.3 is 6.18 Å². The fourth-order valence-electron chi connectivity index (χ4n) is 3.15. The van der Waals surface area contributed by atoms with E-state index in [1.165, 1.54) is 23.5 Å². The van der Waals surface area contributed by atoms with Crippen molar-refractivity contribution in [1.29, 1.82) is 0 Å². The van der Waals surface area contributed by atoms with Crippen molar-refractivity contribution in [3.8, 4) is 0 Å². The van der Waals surface area contributed by atoms with Crippen LogP contribution in [-0.2, 0) is 22.7 Å². The third-order valence-corrected chi connectivity index (χ3v) is 7.68. The maximum Gasteiger partial charge on any atom is 0.419 e. The van der Waals surface area contributed by atoms with Crippen LogP contribution < -0.4 is 4.31 Å². The number of rotatable bonds is 5. The van der Waals surface area contributed by atoms with Gasteiger partial charge in [0.05, 0.1) is 17.0 Å². The SMILES string of the molecule is O=S(=O)(c1ccccc1)N(Cc1ccc(F)c(C(F)(F)F)c1)c1cc2ccccc2s1. The number of halogens is 4. The number of fused-ring (bicyclic) bond motifs is 1. The zero-order chi connectivity index (χ0) is 22.2. The lowest BCUT2D eigenvalue weighted by Gasteiger charge is -2.23. The summed E-state index contributed by atoms with van der Waals surface area (Å²) in [6.45, 7) is -0.382. The first-order chi connectivity index (χ1) is 14.7. The molecule has 0 saturated heterocycles. The minimum atomic E-state index is -4.89. The zero-order valence-electron chi connectivity index (χ0n) is 15.8. The monoisotopic (exact) mass is 465 g/mol. The number of benzene rings is 3. The Hall–Kier alpha value is -2.91. The van der Waals surface area contributed by atoms with E-state index < -0.39 is 27.6 Å². The maximum absolute atomic E-state index is 13.7. The smallest absolute Gasteiger partial charge is 0.253 e. The van der Waals surface area contributed by atoms with Crippen molar-refractivity contribution in [2.45, 2.75) is 17.6 Å². The number of nitrogens with zero attached hydrogens (tertiary/aromatic N) is 1. The van der Waals surface area contributed by atoms with Gasteiger partial charge in [-0.15, -0.1) is 11.3 Å². The third-order valence-electron chi connectivity index (χ3n) is 4.65. The minimum absolute atomic E-state index is 0.00520. The van der Waals surface area contributed by atoms with Gasteiger partial charge in [0.15, 0.2) is 0 Å².